The van der Waals surface area contributed by atoms with Gasteiger partial charge >= 0.3 is 0 Å². The third-order valence-corrected chi connectivity index (χ3v) is 6.04. The standard InChI is InChI=1S/C20H26N4O3/c1-13(25)23-10-8-16-17(12-23)21-18(22-19(16)26)15-7-9-24(11-15)20(27)14-5-3-2-4-6-14/h2-3,14-15H,4-12H2,1H3,(H,21,22,26). The highest BCUT2D eigenvalue weighted by molar-refractivity contribution is 5.79. The fourth-order valence-electron chi connectivity index (χ4n) is 4.38. The number of nitrogens with zero attached hydrogens (tertiary/aromatic N) is 3. The number of carbonyl (C=O) groups is 2. The summed E-state index contributed by atoms with van der Waals surface area (Å²) in [6, 6.07) is 0. The van der Waals surface area contributed by atoms with Crippen LogP contribution in [0.2, 0.25) is 0 Å². The Balaban J connectivity index is 1.50. The van der Waals surface area contributed by atoms with Crippen molar-refractivity contribution in [2.75, 3.05) is 19.6 Å². The molecule has 7 heteroatoms. The fourth-order valence-corrected chi connectivity index (χ4v) is 4.38. The van der Waals surface area contributed by atoms with E-state index in [1.54, 1.807) is 11.8 Å². The summed E-state index contributed by atoms with van der Waals surface area (Å²) in [4.78, 5) is 48.2. The maximum Gasteiger partial charge on any atom is 0.254 e. The molecule has 2 atom stereocenters. The normalized spacial score (nSPS) is 24.8. The molecule has 1 saturated heterocycles. The van der Waals surface area contributed by atoms with Crippen LogP contribution in [0.1, 0.15) is 55.6 Å². The zero-order valence-electron chi connectivity index (χ0n) is 15.7. The molecule has 3 heterocycles. The summed E-state index contributed by atoms with van der Waals surface area (Å²) in [6.07, 6.45) is 8.32. The minimum absolute atomic E-state index is 0.00320. The predicted octanol–water partition coefficient (Wildman–Crippen LogP) is 1.35. The van der Waals surface area contributed by atoms with E-state index in [-0.39, 0.29) is 29.2 Å². The monoisotopic (exact) mass is 370 g/mol. The Kier molecular flexibility index (Phi) is 4.85. The molecule has 144 valence electrons. The third-order valence-electron chi connectivity index (χ3n) is 6.04. The van der Waals surface area contributed by atoms with Crippen LogP contribution in [0, 0.1) is 5.92 Å². The minimum atomic E-state index is -0.0969. The molecule has 1 fully saturated rings. The zero-order valence-corrected chi connectivity index (χ0v) is 15.7. The Hall–Kier alpha value is -2.44. The van der Waals surface area contributed by atoms with Gasteiger partial charge in [-0.15, -0.1) is 0 Å². The number of hydrogen-bond acceptors (Lipinski definition) is 4. The van der Waals surface area contributed by atoms with Crippen LogP contribution in [0.25, 0.3) is 0 Å². The van der Waals surface area contributed by atoms with Crippen molar-refractivity contribution in [2.45, 2.75) is 51.5 Å². The highest BCUT2D eigenvalue weighted by Gasteiger charge is 2.33. The van der Waals surface area contributed by atoms with Crippen molar-refractivity contribution >= 4 is 11.8 Å². The first-order chi connectivity index (χ1) is 13.0. The van der Waals surface area contributed by atoms with Gasteiger partial charge < -0.3 is 14.8 Å². The van der Waals surface area contributed by atoms with Crippen molar-refractivity contribution in [2.24, 2.45) is 5.92 Å². The number of nitrogens with one attached hydrogen (secondary N) is 1. The topological polar surface area (TPSA) is 86.4 Å². The van der Waals surface area contributed by atoms with E-state index in [4.69, 9.17) is 4.98 Å². The summed E-state index contributed by atoms with van der Waals surface area (Å²) in [5, 5.41) is 0. The van der Waals surface area contributed by atoms with Gasteiger partial charge in [-0.2, -0.15) is 0 Å². The number of carbonyl (C=O) groups excluding carboxylic acids is 2. The van der Waals surface area contributed by atoms with E-state index in [2.05, 4.69) is 17.1 Å². The first kappa shape index (κ1) is 17.9. The van der Waals surface area contributed by atoms with Crippen LogP contribution in [0.15, 0.2) is 16.9 Å². The number of aromatic nitrogens is 2. The van der Waals surface area contributed by atoms with E-state index < -0.39 is 0 Å². The number of amides is 2. The number of allylic oxidation sites excluding steroid dienone is 2. The van der Waals surface area contributed by atoms with Crippen LogP contribution in [0.4, 0.5) is 0 Å². The van der Waals surface area contributed by atoms with Gasteiger partial charge in [-0.1, -0.05) is 12.2 Å². The molecule has 0 bridgehead atoms. The zero-order chi connectivity index (χ0) is 19.0. The lowest BCUT2D eigenvalue weighted by atomic mass is 9.93. The van der Waals surface area contributed by atoms with E-state index in [0.29, 0.717) is 49.7 Å². The molecule has 7 nitrogen and oxygen atoms in total. The largest absolute Gasteiger partial charge is 0.342 e. The summed E-state index contributed by atoms with van der Waals surface area (Å²) in [7, 11) is 0. The quantitative estimate of drug-likeness (QED) is 0.796. The molecule has 1 aromatic rings. The van der Waals surface area contributed by atoms with Gasteiger partial charge in [0.15, 0.2) is 0 Å². The van der Waals surface area contributed by atoms with E-state index in [0.717, 1.165) is 25.7 Å². The second-order valence-electron chi connectivity index (χ2n) is 7.82. The maximum atomic E-state index is 12.8. The van der Waals surface area contributed by atoms with Crippen LogP contribution < -0.4 is 5.56 Å². The summed E-state index contributed by atoms with van der Waals surface area (Å²) >= 11 is 0. The second kappa shape index (κ2) is 7.29. The Bertz CT molecular complexity index is 844. The molecule has 27 heavy (non-hydrogen) atoms. The average Bonchev–Trinajstić information content (AvgIpc) is 3.17. The molecule has 4 rings (SSSR count). The van der Waals surface area contributed by atoms with Crippen molar-refractivity contribution in [3.8, 4) is 0 Å². The highest BCUT2D eigenvalue weighted by atomic mass is 16.2. The SMILES string of the molecule is CC(=O)N1CCc2c(nc(C3CCN(C(=O)C4CC=CCC4)C3)[nH]c2=O)C1. The first-order valence-corrected chi connectivity index (χ1v) is 9.84. The molecule has 1 aliphatic carbocycles. The Morgan fingerprint density at radius 2 is 2.04 bits per heavy atom. The summed E-state index contributed by atoms with van der Waals surface area (Å²) in [5.74, 6) is 1.03. The average molecular weight is 370 g/mol. The molecule has 0 saturated carbocycles. The van der Waals surface area contributed by atoms with E-state index >= 15 is 0 Å². The van der Waals surface area contributed by atoms with Crippen LogP contribution in [-0.4, -0.2) is 51.2 Å². The van der Waals surface area contributed by atoms with Crippen molar-refractivity contribution in [3.05, 3.63) is 39.6 Å². The van der Waals surface area contributed by atoms with Crippen LogP contribution in [0.5, 0.6) is 0 Å². The van der Waals surface area contributed by atoms with Crippen LogP contribution in [0.3, 0.4) is 0 Å². The van der Waals surface area contributed by atoms with Crippen LogP contribution in [-0.2, 0) is 22.6 Å². The van der Waals surface area contributed by atoms with Gasteiger partial charge in [0, 0.05) is 44.0 Å². The lowest BCUT2D eigenvalue weighted by Crippen LogP contribution is -2.38. The summed E-state index contributed by atoms with van der Waals surface area (Å²) in [6.45, 7) is 3.82. The third kappa shape index (κ3) is 3.55. The van der Waals surface area contributed by atoms with Gasteiger partial charge in [-0.3, -0.25) is 14.4 Å². The van der Waals surface area contributed by atoms with Gasteiger partial charge in [0.1, 0.15) is 5.82 Å². The van der Waals surface area contributed by atoms with Crippen molar-refractivity contribution in [1.29, 1.82) is 0 Å². The molecule has 2 unspecified atom stereocenters. The van der Waals surface area contributed by atoms with E-state index in [1.807, 2.05) is 4.90 Å². The molecular formula is C20H26N4O3. The molecule has 0 aromatic carbocycles. The van der Waals surface area contributed by atoms with Gasteiger partial charge in [0.2, 0.25) is 11.8 Å². The molecule has 3 aliphatic rings. The molecular weight excluding hydrogens is 344 g/mol. The number of aromatic amines is 1. The van der Waals surface area contributed by atoms with Gasteiger partial charge in [-0.05, 0) is 32.1 Å². The van der Waals surface area contributed by atoms with Crippen molar-refractivity contribution in [1.82, 2.24) is 19.8 Å². The fraction of sp³-hybridized carbons (Fsp3) is 0.600. The number of H-pyrrole nitrogens is 1. The minimum Gasteiger partial charge on any atom is -0.342 e. The Labute approximate surface area is 158 Å². The smallest absolute Gasteiger partial charge is 0.254 e. The molecule has 2 aliphatic heterocycles. The predicted molar refractivity (Wildman–Crippen MR) is 100 cm³/mol. The molecule has 2 amide bonds. The van der Waals surface area contributed by atoms with Crippen molar-refractivity contribution < 1.29 is 9.59 Å². The first-order valence-electron chi connectivity index (χ1n) is 9.84. The summed E-state index contributed by atoms with van der Waals surface area (Å²) < 4.78 is 0. The molecule has 0 radical (unpaired) electrons. The van der Waals surface area contributed by atoms with Gasteiger partial charge in [0.25, 0.3) is 5.56 Å². The molecule has 1 aromatic heterocycles. The number of fused-ring (bicyclic) bond motifs is 1. The Morgan fingerprint density at radius 3 is 2.78 bits per heavy atom. The highest BCUT2D eigenvalue weighted by Crippen LogP contribution is 2.29. The number of likely N-dealkylation sites (tertiary alicyclic amines) is 1. The molecule has 0 spiro atoms. The number of rotatable bonds is 2. The van der Waals surface area contributed by atoms with Gasteiger partial charge in [0.05, 0.1) is 12.2 Å². The lowest BCUT2D eigenvalue weighted by Gasteiger charge is -2.27. The van der Waals surface area contributed by atoms with Gasteiger partial charge in [-0.25, -0.2) is 4.98 Å². The maximum absolute atomic E-state index is 12.8. The van der Waals surface area contributed by atoms with E-state index in [1.165, 1.54) is 0 Å². The number of hydrogen-bond donors (Lipinski definition) is 1. The van der Waals surface area contributed by atoms with Crippen molar-refractivity contribution in [3.63, 3.8) is 0 Å². The summed E-state index contributed by atoms with van der Waals surface area (Å²) in [5.41, 5.74) is 1.30. The molecule has 1 N–H and O–H groups in total. The Morgan fingerprint density at radius 1 is 1.19 bits per heavy atom. The van der Waals surface area contributed by atoms with E-state index in [9.17, 15) is 14.4 Å². The lowest BCUT2D eigenvalue weighted by molar-refractivity contribution is -0.134. The second-order valence-corrected chi connectivity index (χ2v) is 7.82. The van der Waals surface area contributed by atoms with Crippen LogP contribution >= 0.6 is 0 Å².